The summed E-state index contributed by atoms with van der Waals surface area (Å²) in [6, 6.07) is 0. The molecule has 0 amide bonds. The molecule has 0 atom stereocenters. The fraction of sp³-hybridized carbons (Fsp3) is 0.538. The van der Waals surface area contributed by atoms with E-state index >= 15 is 0 Å². The second kappa shape index (κ2) is 6.10. The third-order valence-electron chi connectivity index (χ3n) is 3.34. The van der Waals surface area contributed by atoms with Crippen molar-refractivity contribution in [1.82, 2.24) is 19.9 Å². The quantitative estimate of drug-likeness (QED) is 0.493. The molecule has 1 fully saturated rings. The highest BCUT2D eigenvalue weighted by atomic mass is 35.5. The van der Waals surface area contributed by atoms with Gasteiger partial charge >= 0.3 is 0 Å². The molecule has 0 N–H and O–H groups in total. The number of anilines is 1. The molecule has 5 nitrogen and oxygen atoms in total. The van der Waals surface area contributed by atoms with Crippen LogP contribution in [0.5, 0.6) is 0 Å². The van der Waals surface area contributed by atoms with Crippen molar-refractivity contribution in [3.63, 3.8) is 0 Å². The molecule has 3 rings (SSSR count). The molecular weight excluding hydrogens is 294 g/mol. The lowest BCUT2D eigenvalue weighted by molar-refractivity contribution is 0.574. The summed E-state index contributed by atoms with van der Waals surface area (Å²) in [6.45, 7) is 4.10. The lowest BCUT2D eigenvalue weighted by Crippen LogP contribution is -2.30. The zero-order valence-corrected chi connectivity index (χ0v) is 12.9. The molecule has 0 spiro atoms. The number of nitrogens with zero attached hydrogens (tertiary/aromatic N) is 5. The summed E-state index contributed by atoms with van der Waals surface area (Å²) in [6.07, 6.45) is 5.24. The van der Waals surface area contributed by atoms with Crippen LogP contribution in [0, 0.1) is 0 Å². The lowest BCUT2D eigenvalue weighted by Gasteiger charge is -2.28. The first-order chi connectivity index (χ1) is 9.79. The van der Waals surface area contributed by atoms with Crippen LogP contribution in [0.3, 0.4) is 0 Å². The summed E-state index contributed by atoms with van der Waals surface area (Å²) in [5, 5.41) is 1.14. The fourth-order valence-corrected chi connectivity index (χ4v) is 3.29. The standard InChI is InChI=1S/C13H16ClN5S/c1-2-20-12-10-9(15-8-16-12)11(18-13(14)17-10)19-6-4-3-5-7-19/h8H,2-7H2,1H3. The Bertz CT molecular complexity index is 615. The molecule has 0 aliphatic carbocycles. The van der Waals surface area contributed by atoms with E-state index < -0.39 is 0 Å². The van der Waals surface area contributed by atoms with Crippen LogP contribution < -0.4 is 4.90 Å². The normalized spacial score (nSPS) is 15.8. The lowest BCUT2D eigenvalue weighted by atomic mass is 10.1. The molecule has 1 aliphatic heterocycles. The second-order valence-corrected chi connectivity index (χ2v) is 6.26. The first-order valence-electron chi connectivity index (χ1n) is 6.85. The highest BCUT2D eigenvalue weighted by molar-refractivity contribution is 7.99. The zero-order valence-electron chi connectivity index (χ0n) is 11.3. The Morgan fingerprint density at radius 1 is 1.15 bits per heavy atom. The predicted octanol–water partition coefficient (Wildman–Crippen LogP) is 3.18. The van der Waals surface area contributed by atoms with Crippen LogP contribution in [-0.4, -0.2) is 38.8 Å². The van der Waals surface area contributed by atoms with Crippen molar-refractivity contribution in [3.05, 3.63) is 11.6 Å². The third-order valence-corrected chi connectivity index (χ3v) is 4.37. The smallest absolute Gasteiger partial charge is 0.225 e. The molecule has 1 saturated heterocycles. The number of rotatable bonds is 3. The van der Waals surface area contributed by atoms with Crippen LogP contribution in [0.4, 0.5) is 5.82 Å². The first-order valence-corrected chi connectivity index (χ1v) is 8.22. The van der Waals surface area contributed by atoms with E-state index in [-0.39, 0.29) is 5.28 Å². The number of piperidine rings is 1. The van der Waals surface area contributed by atoms with E-state index in [0.717, 1.165) is 40.7 Å². The van der Waals surface area contributed by atoms with Gasteiger partial charge in [0.15, 0.2) is 5.82 Å². The van der Waals surface area contributed by atoms with Crippen LogP contribution in [0.25, 0.3) is 11.0 Å². The molecule has 7 heteroatoms. The van der Waals surface area contributed by atoms with E-state index in [0.29, 0.717) is 0 Å². The topological polar surface area (TPSA) is 54.8 Å². The van der Waals surface area contributed by atoms with E-state index in [1.54, 1.807) is 18.1 Å². The molecule has 0 unspecified atom stereocenters. The Kier molecular flexibility index (Phi) is 4.21. The van der Waals surface area contributed by atoms with Gasteiger partial charge in [0.1, 0.15) is 22.4 Å². The average molecular weight is 310 g/mol. The Labute approximate surface area is 127 Å². The summed E-state index contributed by atoms with van der Waals surface area (Å²) >= 11 is 7.75. The summed E-state index contributed by atoms with van der Waals surface area (Å²) in [7, 11) is 0. The molecule has 0 aromatic carbocycles. The molecule has 0 bridgehead atoms. The Morgan fingerprint density at radius 2 is 1.95 bits per heavy atom. The van der Waals surface area contributed by atoms with Gasteiger partial charge in [-0.05, 0) is 36.6 Å². The molecule has 3 heterocycles. The van der Waals surface area contributed by atoms with E-state index in [1.807, 2.05) is 0 Å². The van der Waals surface area contributed by atoms with Gasteiger partial charge in [0.2, 0.25) is 5.28 Å². The van der Waals surface area contributed by atoms with Crippen molar-refractivity contribution >= 4 is 40.2 Å². The van der Waals surface area contributed by atoms with Gasteiger partial charge in [-0.25, -0.2) is 15.0 Å². The Hall–Kier alpha value is -1.14. The van der Waals surface area contributed by atoms with Crippen LogP contribution in [0.1, 0.15) is 26.2 Å². The summed E-state index contributed by atoms with van der Waals surface area (Å²) in [4.78, 5) is 19.7. The number of hydrogen-bond acceptors (Lipinski definition) is 6. The molecule has 0 radical (unpaired) electrons. The summed E-state index contributed by atoms with van der Waals surface area (Å²) in [5.74, 6) is 1.78. The number of fused-ring (bicyclic) bond motifs is 1. The monoisotopic (exact) mass is 309 g/mol. The van der Waals surface area contributed by atoms with Gasteiger partial charge in [-0.15, -0.1) is 11.8 Å². The van der Waals surface area contributed by atoms with Gasteiger partial charge in [0, 0.05) is 13.1 Å². The van der Waals surface area contributed by atoms with Gasteiger partial charge in [0.25, 0.3) is 0 Å². The van der Waals surface area contributed by atoms with Crippen molar-refractivity contribution in [1.29, 1.82) is 0 Å². The van der Waals surface area contributed by atoms with E-state index in [1.165, 1.54) is 19.3 Å². The Balaban J connectivity index is 2.13. The third kappa shape index (κ3) is 2.67. The van der Waals surface area contributed by atoms with Crippen LogP contribution >= 0.6 is 23.4 Å². The minimum atomic E-state index is 0.269. The van der Waals surface area contributed by atoms with Crippen molar-refractivity contribution in [2.24, 2.45) is 0 Å². The minimum Gasteiger partial charge on any atom is -0.355 e. The van der Waals surface area contributed by atoms with Crippen LogP contribution in [0.2, 0.25) is 5.28 Å². The van der Waals surface area contributed by atoms with Gasteiger partial charge < -0.3 is 4.90 Å². The van der Waals surface area contributed by atoms with E-state index in [4.69, 9.17) is 11.6 Å². The maximum absolute atomic E-state index is 6.10. The highest BCUT2D eigenvalue weighted by Gasteiger charge is 2.19. The van der Waals surface area contributed by atoms with E-state index in [2.05, 4.69) is 31.8 Å². The second-order valence-electron chi connectivity index (χ2n) is 4.67. The summed E-state index contributed by atoms with van der Waals surface area (Å²) < 4.78 is 0. The van der Waals surface area contributed by atoms with Crippen molar-refractivity contribution < 1.29 is 0 Å². The van der Waals surface area contributed by atoms with E-state index in [9.17, 15) is 0 Å². The SMILES string of the molecule is CCSc1ncnc2c(N3CCCCC3)nc(Cl)nc12. The van der Waals surface area contributed by atoms with Crippen LogP contribution in [0.15, 0.2) is 11.4 Å². The van der Waals surface area contributed by atoms with Crippen molar-refractivity contribution in [3.8, 4) is 0 Å². The van der Waals surface area contributed by atoms with Gasteiger partial charge in [0.05, 0.1) is 0 Å². The molecular formula is C13H16ClN5S. The van der Waals surface area contributed by atoms with Gasteiger partial charge in [-0.2, -0.15) is 4.98 Å². The maximum atomic E-state index is 6.10. The Morgan fingerprint density at radius 3 is 2.70 bits per heavy atom. The van der Waals surface area contributed by atoms with Crippen molar-refractivity contribution in [2.75, 3.05) is 23.7 Å². The zero-order chi connectivity index (χ0) is 13.9. The van der Waals surface area contributed by atoms with Gasteiger partial charge in [-0.1, -0.05) is 6.92 Å². The molecule has 2 aromatic rings. The van der Waals surface area contributed by atoms with Crippen LogP contribution in [-0.2, 0) is 0 Å². The largest absolute Gasteiger partial charge is 0.355 e. The maximum Gasteiger partial charge on any atom is 0.225 e. The fourth-order valence-electron chi connectivity index (χ4n) is 2.45. The highest BCUT2D eigenvalue weighted by Crippen LogP contribution is 2.30. The minimum absolute atomic E-state index is 0.269. The number of thioether (sulfide) groups is 1. The predicted molar refractivity (Wildman–Crippen MR) is 82.6 cm³/mol. The molecule has 2 aromatic heterocycles. The number of halogens is 1. The molecule has 20 heavy (non-hydrogen) atoms. The summed E-state index contributed by atoms with van der Waals surface area (Å²) in [5.41, 5.74) is 1.57. The number of aromatic nitrogens is 4. The average Bonchev–Trinajstić information content (AvgIpc) is 2.48. The van der Waals surface area contributed by atoms with Crippen molar-refractivity contribution in [2.45, 2.75) is 31.2 Å². The molecule has 0 saturated carbocycles. The molecule has 1 aliphatic rings. The number of hydrogen-bond donors (Lipinski definition) is 0. The van der Waals surface area contributed by atoms with Gasteiger partial charge in [-0.3, -0.25) is 0 Å². The first kappa shape index (κ1) is 13.8. The molecule has 106 valence electrons.